The smallest absolute Gasteiger partial charge is 0.0403 e. The van der Waals surface area contributed by atoms with Crippen LogP contribution in [0.15, 0.2) is 79.6 Å². The molecular weight excluding hydrogens is 352 g/mol. The van der Waals surface area contributed by atoms with Gasteiger partial charge in [0.15, 0.2) is 0 Å². The number of nitrogens with zero attached hydrogens (tertiary/aromatic N) is 2. The lowest BCUT2D eigenvalue weighted by molar-refractivity contribution is 0.707. The van der Waals surface area contributed by atoms with E-state index >= 15 is 0 Å². The molecule has 0 aliphatic rings. The summed E-state index contributed by atoms with van der Waals surface area (Å²) in [6.45, 7) is 10.2. The average molecular weight is 389 g/mol. The molecule has 3 rings (SSSR count). The van der Waals surface area contributed by atoms with Crippen LogP contribution in [0.25, 0.3) is 6.08 Å². The first-order chi connectivity index (χ1) is 14.2. The summed E-state index contributed by atoms with van der Waals surface area (Å²) in [5, 5.41) is 0. The Hall–Kier alpha value is -2.74. The van der Waals surface area contributed by atoms with Gasteiger partial charge in [-0.2, -0.15) is 0 Å². The van der Waals surface area contributed by atoms with Gasteiger partial charge in [0.05, 0.1) is 0 Å². The summed E-state index contributed by atoms with van der Waals surface area (Å²) < 4.78 is 0. The van der Waals surface area contributed by atoms with Gasteiger partial charge in [-0.15, -0.1) is 0 Å². The van der Waals surface area contributed by atoms with Crippen LogP contribution in [-0.2, 0) is 19.3 Å². The van der Waals surface area contributed by atoms with Gasteiger partial charge >= 0.3 is 0 Å². The van der Waals surface area contributed by atoms with E-state index in [4.69, 9.17) is 0 Å². The molecular formula is C27H36N2. The predicted octanol–water partition coefficient (Wildman–Crippen LogP) is 7.35. The predicted molar refractivity (Wildman–Crippen MR) is 127 cm³/mol. The fourth-order valence-corrected chi connectivity index (χ4v) is 2.60. The van der Waals surface area contributed by atoms with Gasteiger partial charge in [-0.25, -0.2) is 0 Å². The minimum absolute atomic E-state index is 1.03. The van der Waals surface area contributed by atoms with Gasteiger partial charge in [-0.3, -0.25) is 9.97 Å². The van der Waals surface area contributed by atoms with Gasteiger partial charge in [-0.1, -0.05) is 82.7 Å². The summed E-state index contributed by atoms with van der Waals surface area (Å²) in [4.78, 5) is 8.35. The first-order valence-electron chi connectivity index (χ1n) is 10.7. The van der Waals surface area contributed by atoms with Gasteiger partial charge in [0, 0.05) is 23.8 Å². The van der Waals surface area contributed by atoms with E-state index in [1.807, 2.05) is 48.8 Å². The molecule has 2 nitrogen and oxygen atoms in total. The molecule has 2 heteroatoms. The second-order valence-electron chi connectivity index (χ2n) is 6.75. The summed E-state index contributed by atoms with van der Waals surface area (Å²) in [5.74, 6) is 0. The summed E-state index contributed by atoms with van der Waals surface area (Å²) >= 11 is 0. The lowest BCUT2D eigenvalue weighted by Crippen LogP contribution is -1.87. The van der Waals surface area contributed by atoms with Crippen molar-refractivity contribution in [2.75, 3.05) is 0 Å². The van der Waals surface area contributed by atoms with E-state index in [1.165, 1.54) is 36.1 Å². The molecule has 0 radical (unpaired) electrons. The molecule has 2 aromatic heterocycles. The van der Waals surface area contributed by atoms with Crippen LogP contribution < -0.4 is 0 Å². The highest BCUT2D eigenvalue weighted by Gasteiger charge is 1.91. The first kappa shape index (κ1) is 24.3. The van der Waals surface area contributed by atoms with Crippen molar-refractivity contribution < 1.29 is 0 Å². The molecule has 0 aliphatic carbocycles. The number of aryl methyl sites for hydroxylation is 3. The van der Waals surface area contributed by atoms with Crippen molar-refractivity contribution in [3.63, 3.8) is 0 Å². The number of hydrogen-bond acceptors (Lipinski definition) is 2. The monoisotopic (exact) mass is 388 g/mol. The third-order valence-electron chi connectivity index (χ3n) is 4.47. The Morgan fingerprint density at radius 2 is 1.34 bits per heavy atom. The largest absolute Gasteiger partial charge is 0.261 e. The van der Waals surface area contributed by atoms with Crippen molar-refractivity contribution in [2.24, 2.45) is 0 Å². The van der Waals surface area contributed by atoms with E-state index < -0.39 is 0 Å². The molecule has 0 N–H and O–H groups in total. The van der Waals surface area contributed by atoms with Crippen LogP contribution in [0, 0.1) is 0 Å². The van der Waals surface area contributed by atoms with Crippen molar-refractivity contribution in [2.45, 2.75) is 59.3 Å². The van der Waals surface area contributed by atoms with E-state index in [0.717, 1.165) is 25.0 Å². The molecule has 0 unspecified atom stereocenters. The molecule has 2 heterocycles. The summed E-state index contributed by atoms with van der Waals surface area (Å²) in [5.41, 5.74) is 4.95. The normalized spacial score (nSPS) is 9.48. The number of aromatic nitrogens is 2. The van der Waals surface area contributed by atoms with Crippen LogP contribution >= 0.6 is 0 Å². The molecule has 0 fully saturated rings. The van der Waals surface area contributed by atoms with Gasteiger partial charge < -0.3 is 0 Å². The van der Waals surface area contributed by atoms with Crippen LogP contribution in [0.1, 0.15) is 62.5 Å². The summed E-state index contributed by atoms with van der Waals surface area (Å²) in [6.07, 6.45) is 12.7. The fourth-order valence-electron chi connectivity index (χ4n) is 2.60. The molecule has 1 aromatic carbocycles. The third kappa shape index (κ3) is 11.6. The van der Waals surface area contributed by atoms with Crippen LogP contribution in [-0.4, -0.2) is 9.97 Å². The van der Waals surface area contributed by atoms with Gasteiger partial charge in [0.25, 0.3) is 0 Å². The third-order valence-corrected chi connectivity index (χ3v) is 4.47. The van der Waals surface area contributed by atoms with E-state index in [1.54, 1.807) is 0 Å². The van der Waals surface area contributed by atoms with Gasteiger partial charge in [-0.05, 0) is 61.1 Å². The van der Waals surface area contributed by atoms with Crippen LogP contribution in [0.3, 0.4) is 0 Å². The Labute approximate surface area is 177 Å². The van der Waals surface area contributed by atoms with Crippen molar-refractivity contribution in [3.05, 3.63) is 102 Å². The Morgan fingerprint density at radius 1 is 0.724 bits per heavy atom. The van der Waals surface area contributed by atoms with Gasteiger partial charge in [0.1, 0.15) is 0 Å². The van der Waals surface area contributed by atoms with Crippen LogP contribution in [0.5, 0.6) is 0 Å². The molecule has 0 aliphatic heterocycles. The minimum Gasteiger partial charge on any atom is -0.261 e. The first-order valence-corrected chi connectivity index (χ1v) is 10.7. The zero-order valence-corrected chi connectivity index (χ0v) is 18.3. The number of rotatable bonds is 7. The maximum atomic E-state index is 4.25. The zero-order valence-electron chi connectivity index (χ0n) is 18.3. The Morgan fingerprint density at radius 3 is 1.76 bits per heavy atom. The maximum Gasteiger partial charge on any atom is 0.0403 e. The summed E-state index contributed by atoms with van der Waals surface area (Å²) in [7, 11) is 0. The maximum absolute atomic E-state index is 4.25. The highest BCUT2D eigenvalue weighted by molar-refractivity contribution is 5.47. The van der Waals surface area contributed by atoms with Crippen molar-refractivity contribution >= 4 is 6.08 Å². The Kier molecular flexibility index (Phi) is 13.6. The highest BCUT2D eigenvalue weighted by Crippen LogP contribution is 2.05. The molecule has 0 bridgehead atoms. The van der Waals surface area contributed by atoms with Crippen molar-refractivity contribution in [1.82, 2.24) is 9.97 Å². The molecule has 29 heavy (non-hydrogen) atoms. The fraction of sp³-hybridized carbons (Fsp3) is 0.333. The quantitative estimate of drug-likeness (QED) is 0.395. The molecule has 0 saturated carbocycles. The second-order valence-corrected chi connectivity index (χ2v) is 6.75. The Balaban J connectivity index is 0.000000220. The number of hydrogen-bond donors (Lipinski definition) is 0. The molecule has 3 aromatic rings. The van der Waals surface area contributed by atoms with E-state index in [9.17, 15) is 0 Å². The molecule has 154 valence electrons. The van der Waals surface area contributed by atoms with Gasteiger partial charge in [0.2, 0.25) is 0 Å². The number of unbranched alkanes of at least 4 members (excludes halogenated alkanes) is 2. The summed E-state index contributed by atoms with van der Waals surface area (Å²) in [6, 6.07) is 20.5. The highest BCUT2D eigenvalue weighted by atomic mass is 14.7. The molecule has 0 atom stereocenters. The molecule has 0 amide bonds. The average Bonchev–Trinajstić information content (AvgIpc) is 2.81. The second kappa shape index (κ2) is 16.2. The van der Waals surface area contributed by atoms with E-state index in [0.29, 0.717) is 0 Å². The minimum atomic E-state index is 1.03. The lowest BCUT2D eigenvalue weighted by Gasteiger charge is -1.97. The number of pyridine rings is 2. The Bertz CT molecular complexity index is 750. The number of benzene rings is 1. The van der Waals surface area contributed by atoms with Crippen LogP contribution in [0.4, 0.5) is 0 Å². The SMILES string of the molecule is C=Cc1ccc(CC)cc1.CCCCCc1ccccn1.CCc1ccccn1. The topological polar surface area (TPSA) is 25.8 Å². The van der Waals surface area contributed by atoms with Crippen molar-refractivity contribution in [3.8, 4) is 0 Å². The molecule has 0 spiro atoms. The van der Waals surface area contributed by atoms with E-state index in [2.05, 4.69) is 67.6 Å². The standard InChI is InChI=1S/C10H15N.C10H12.C7H9N/c1-2-3-4-7-10-8-5-6-9-11-10;1-3-9-5-7-10(4-2)8-6-9;1-2-7-5-3-4-6-8-7/h5-6,8-9H,2-4,7H2,1H3;3,5-8H,1,4H2,2H3;3-6H,2H2,1H3. The van der Waals surface area contributed by atoms with Crippen LogP contribution in [0.2, 0.25) is 0 Å². The lowest BCUT2D eigenvalue weighted by atomic mass is 10.1. The zero-order chi connectivity index (χ0) is 21.2. The van der Waals surface area contributed by atoms with E-state index in [-0.39, 0.29) is 0 Å². The molecule has 0 saturated heterocycles. The van der Waals surface area contributed by atoms with Crippen molar-refractivity contribution in [1.29, 1.82) is 0 Å².